The zero-order valence-electron chi connectivity index (χ0n) is 9.17. The lowest BCUT2D eigenvalue weighted by Gasteiger charge is -2.14. The molecule has 2 N–H and O–H groups in total. The number of nitrogens with zero attached hydrogens (tertiary/aromatic N) is 1. The lowest BCUT2D eigenvalue weighted by Crippen LogP contribution is -2.21. The van der Waals surface area contributed by atoms with Crippen LogP contribution in [-0.2, 0) is 0 Å². The van der Waals surface area contributed by atoms with Crippen LogP contribution in [0.3, 0.4) is 0 Å². The van der Waals surface area contributed by atoms with Crippen molar-refractivity contribution >= 4 is 11.4 Å². The molecule has 0 bridgehead atoms. The first-order valence-corrected chi connectivity index (χ1v) is 4.89. The molecule has 0 saturated heterocycles. The van der Waals surface area contributed by atoms with Crippen molar-refractivity contribution in [2.24, 2.45) is 0 Å². The zero-order valence-corrected chi connectivity index (χ0v) is 9.17. The van der Waals surface area contributed by atoms with Crippen molar-refractivity contribution in [1.29, 1.82) is 0 Å². The topological polar surface area (TPSA) is 27.3 Å². The average molecular weight is 193 g/mol. The Morgan fingerprint density at radius 3 is 2.36 bits per heavy atom. The zero-order chi connectivity index (χ0) is 10.4. The summed E-state index contributed by atoms with van der Waals surface area (Å²) in [5, 5.41) is 6.55. The highest BCUT2D eigenvalue weighted by molar-refractivity contribution is 5.68. The number of anilines is 2. The van der Waals surface area contributed by atoms with Crippen LogP contribution < -0.4 is 10.6 Å². The van der Waals surface area contributed by atoms with E-state index in [2.05, 4.69) is 41.8 Å². The quantitative estimate of drug-likeness (QED) is 0.745. The molecule has 0 atom stereocenters. The summed E-state index contributed by atoms with van der Waals surface area (Å²) in [6, 6.07) is 8.22. The van der Waals surface area contributed by atoms with Crippen LogP contribution in [0.1, 0.15) is 0 Å². The maximum atomic E-state index is 3.39. The molecule has 78 valence electrons. The summed E-state index contributed by atoms with van der Waals surface area (Å²) in [6.45, 7) is 2.00. The molecule has 0 unspecified atom stereocenters. The molecular weight excluding hydrogens is 174 g/mol. The highest BCUT2D eigenvalue weighted by Crippen LogP contribution is 2.19. The van der Waals surface area contributed by atoms with Crippen molar-refractivity contribution in [1.82, 2.24) is 4.90 Å². The fraction of sp³-hybridized carbons (Fsp3) is 0.455. The van der Waals surface area contributed by atoms with Crippen molar-refractivity contribution < 1.29 is 0 Å². The Morgan fingerprint density at radius 2 is 1.79 bits per heavy atom. The third-order valence-corrected chi connectivity index (χ3v) is 2.07. The Hall–Kier alpha value is -1.22. The second kappa shape index (κ2) is 5.50. The van der Waals surface area contributed by atoms with Gasteiger partial charge in [-0.1, -0.05) is 12.1 Å². The van der Waals surface area contributed by atoms with Gasteiger partial charge in [-0.2, -0.15) is 0 Å². The summed E-state index contributed by atoms with van der Waals surface area (Å²) in [5.41, 5.74) is 2.31. The Labute approximate surface area is 86.1 Å². The molecule has 1 rings (SSSR count). The fourth-order valence-corrected chi connectivity index (χ4v) is 1.27. The van der Waals surface area contributed by atoms with Crippen molar-refractivity contribution in [2.45, 2.75) is 0 Å². The molecule has 1 aromatic carbocycles. The van der Waals surface area contributed by atoms with Gasteiger partial charge in [-0.3, -0.25) is 0 Å². The van der Waals surface area contributed by atoms with Crippen LogP contribution in [0.2, 0.25) is 0 Å². The van der Waals surface area contributed by atoms with E-state index in [0.29, 0.717) is 0 Å². The fourth-order valence-electron chi connectivity index (χ4n) is 1.27. The van der Waals surface area contributed by atoms with Crippen LogP contribution in [0, 0.1) is 0 Å². The van der Waals surface area contributed by atoms with E-state index < -0.39 is 0 Å². The molecule has 0 amide bonds. The number of rotatable bonds is 5. The first-order valence-electron chi connectivity index (χ1n) is 4.89. The summed E-state index contributed by atoms with van der Waals surface area (Å²) >= 11 is 0. The third-order valence-electron chi connectivity index (χ3n) is 2.07. The molecule has 3 nitrogen and oxygen atoms in total. The maximum Gasteiger partial charge on any atom is 0.0576 e. The number of para-hydroxylation sites is 2. The number of likely N-dealkylation sites (N-methyl/N-ethyl adjacent to an activating group) is 1. The van der Waals surface area contributed by atoms with E-state index in [4.69, 9.17) is 0 Å². The molecule has 14 heavy (non-hydrogen) atoms. The lowest BCUT2D eigenvalue weighted by atomic mass is 10.2. The Kier molecular flexibility index (Phi) is 4.26. The molecule has 0 saturated carbocycles. The predicted octanol–water partition coefficient (Wildman–Crippen LogP) is 1.70. The molecule has 0 fully saturated rings. The van der Waals surface area contributed by atoms with Gasteiger partial charge in [-0.15, -0.1) is 0 Å². The van der Waals surface area contributed by atoms with Gasteiger partial charge in [-0.05, 0) is 26.2 Å². The highest BCUT2D eigenvalue weighted by atomic mass is 15.1. The number of nitrogens with one attached hydrogen (secondary N) is 2. The molecule has 0 aliphatic carbocycles. The lowest BCUT2D eigenvalue weighted by molar-refractivity contribution is 0.425. The van der Waals surface area contributed by atoms with Gasteiger partial charge in [0.15, 0.2) is 0 Å². The number of benzene rings is 1. The van der Waals surface area contributed by atoms with Crippen molar-refractivity contribution in [3.05, 3.63) is 24.3 Å². The van der Waals surface area contributed by atoms with Crippen LogP contribution in [0.15, 0.2) is 24.3 Å². The Morgan fingerprint density at radius 1 is 1.14 bits per heavy atom. The minimum Gasteiger partial charge on any atom is -0.386 e. The van der Waals surface area contributed by atoms with Crippen LogP contribution >= 0.6 is 0 Å². The summed E-state index contributed by atoms with van der Waals surface area (Å²) in [6.07, 6.45) is 0. The van der Waals surface area contributed by atoms with E-state index in [-0.39, 0.29) is 0 Å². The first-order chi connectivity index (χ1) is 6.74. The van der Waals surface area contributed by atoms with Gasteiger partial charge in [0.05, 0.1) is 11.4 Å². The standard InChI is InChI=1S/C11H19N3/c1-12-10-6-4-5-7-11(10)13-8-9-14(2)3/h4-7,12-13H,8-9H2,1-3H3. The predicted molar refractivity (Wildman–Crippen MR) is 63.0 cm³/mol. The van der Waals surface area contributed by atoms with Gasteiger partial charge in [0.1, 0.15) is 0 Å². The van der Waals surface area contributed by atoms with E-state index in [9.17, 15) is 0 Å². The van der Waals surface area contributed by atoms with Gasteiger partial charge in [0.25, 0.3) is 0 Å². The van der Waals surface area contributed by atoms with Crippen LogP contribution in [0.5, 0.6) is 0 Å². The summed E-state index contributed by atoms with van der Waals surface area (Å²) in [4.78, 5) is 2.16. The van der Waals surface area contributed by atoms with Crippen molar-refractivity contribution in [3.8, 4) is 0 Å². The van der Waals surface area contributed by atoms with Crippen LogP contribution in [0.4, 0.5) is 11.4 Å². The molecule has 0 aliphatic heterocycles. The van der Waals surface area contributed by atoms with E-state index >= 15 is 0 Å². The largest absolute Gasteiger partial charge is 0.386 e. The summed E-state index contributed by atoms with van der Waals surface area (Å²) in [5.74, 6) is 0. The number of hydrogen-bond acceptors (Lipinski definition) is 3. The van der Waals surface area contributed by atoms with Crippen LogP contribution in [0.25, 0.3) is 0 Å². The Bertz CT molecular complexity index is 271. The smallest absolute Gasteiger partial charge is 0.0576 e. The van der Waals surface area contributed by atoms with E-state index in [0.717, 1.165) is 24.5 Å². The summed E-state index contributed by atoms with van der Waals surface area (Å²) < 4.78 is 0. The van der Waals surface area contributed by atoms with Crippen molar-refractivity contribution in [2.75, 3.05) is 44.9 Å². The highest BCUT2D eigenvalue weighted by Gasteiger charge is 1.97. The monoisotopic (exact) mass is 193 g/mol. The normalized spacial score (nSPS) is 10.3. The van der Waals surface area contributed by atoms with Crippen molar-refractivity contribution in [3.63, 3.8) is 0 Å². The maximum absolute atomic E-state index is 3.39. The second-order valence-electron chi connectivity index (χ2n) is 3.53. The molecule has 0 spiro atoms. The van der Waals surface area contributed by atoms with Gasteiger partial charge < -0.3 is 15.5 Å². The van der Waals surface area contributed by atoms with Gasteiger partial charge >= 0.3 is 0 Å². The molecular formula is C11H19N3. The van der Waals surface area contributed by atoms with Gasteiger partial charge in [-0.25, -0.2) is 0 Å². The summed E-state index contributed by atoms with van der Waals surface area (Å²) in [7, 11) is 6.09. The molecule has 3 heteroatoms. The van der Waals surface area contributed by atoms with E-state index in [1.54, 1.807) is 0 Å². The van der Waals surface area contributed by atoms with E-state index in [1.165, 1.54) is 0 Å². The molecule has 0 radical (unpaired) electrons. The van der Waals surface area contributed by atoms with Gasteiger partial charge in [0, 0.05) is 20.1 Å². The van der Waals surface area contributed by atoms with Crippen LogP contribution in [-0.4, -0.2) is 39.1 Å². The molecule has 1 aromatic rings. The third kappa shape index (κ3) is 3.26. The van der Waals surface area contributed by atoms with E-state index in [1.807, 2.05) is 19.2 Å². The molecule has 0 aromatic heterocycles. The average Bonchev–Trinajstić information content (AvgIpc) is 2.18. The van der Waals surface area contributed by atoms with Gasteiger partial charge in [0.2, 0.25) is 0 Å². The first kappa shape index (κ1) is 10.9. The Balaban J connectivity index is 2.49. The minimum absolute atomic E-state index is 0.964. The minimum atomic E-state index is 0.964. The molecule has 0 heterocycles. The molecule has 0 aliphatic rings. The second-order valence-corrected chi connectivity index (χ2v) is 3.53. The SMILES string of the molecule is CNc1ccccc1NCCN(C)C. The number of hydrogen-bond donors (Lipinski definition) is 2.